The van der Waals surface area contributed by atoms with Gasteiger partial charge in [-0.05, 0) is 60.9 Å². The van der Waals surface area contributed by atoms with Crippen molar-refractivity contribution in [2.45, 2.75) is 142 Å². The van der Waals surface area contributed by atoms with Crippen molar-refractivity contribution in [1.29, 1.82) is 0 Å². The fourth-order valence-corrected chi connectivity index (χ4v) is 11.0. The zero-order chi connectivity index (χ0) is 43.1. The Bertz CT molecular complexity index is 1950. The number of unbranched alkanes of at least 4 members (excludes halogenated alkanes) is 3. The van der Waals surface area contributed by atoms with Crippen molar-refractivity contribution in [2.75, 3.05) is 6.61 Å². The molecular weight excluding hydrogens is 755 g/mol. The summed E-state index contributed by atoms with van der Waals surface area (Å²) >= 11 is 0. The van der Waals surface area contributed by atoms with Gasteiger partial charge in [0.15, 0.2) is 11.9 Å². The van der Waals surface area contributed by atoms with Gasteiger partial charge in [-0.3, -0.25) is 19.2 Å². The van der Waals surface area contributed by atoms with Crippen LogP contribution in [0.25, 0.3) is 0 Å². The summed E-state index contributed by atoms with van der Waals surface area (Å²) in [6.45, 7) is 14.4. The summed E-state index contributed by atoms with van der Waals surface area (Å²) in [6.07, 6.45) is -2.56. The minimum atomic E-state index is -1.70. The molecule has 2 aromatic rings. The van der Waals surface area contributed by atoms with E-state index in [9.17, 15) is 29.4 Å². The maximum Gasteiger partial charge on any atom is 0.350 e. The smallest absolute Gasteiger partial charge is 0.350 e. The Kier molecular flexibility index (Phi) is 12.7. The van der Waals surface area contributed by atoms with E-state index in [1.807, 2.05) is 13.8 Å². The summed E-state index contributed by atoms with van der Waals surface area (Å²) in [5, 5.41) is 28.0. The van der Waals surface area contributed by atoms with Gasteiger partial charge in [0.2, 0.25) is 6.10 Å². The van der Waals surface area contributed by atoms with Gasteiger partial charge in [-0.2, -0.15) is 0 Å². The number of ketones is 1. The Balaban J connectivity index is 1.45. The number of esters is 3. The van der Waals surface area contributed by atoms with Gasteiger partial charge in [-0.25, -0.2) is 4.79 Å². The van der Waals surface area contributed by atoms with Crippen LogP contribution in [-0.2, 0) is 38.1 Å². The first-order valence-corrected chi connectivity index (χ1v) is 21.1. The molecule has 3 N–H and O–H groups in total. The zero-order valence-corrected chi connectivity index (χ0v) is 35.6. The van der Waals surface area contributed by atoms with Crippen LogP contribution in [-0.4, -0.2) is 82.5 Å². The second kappa shape index (κ2) is 16.9. The standard InChI is InChI=1S/C47H61NO11/c1-9-10-11-18-23-35(51)59-39(37(30-19-14-12-15-20-30)48-42(53)31-21-16-13-17-22-31)43(54)58-32-25-47(55)28(3)40-45(7)26-56-34(45)24-33(50)46(40,8)41(52)38(57-29(4)49)36(27(32)2)44(47,5)6/h12-17,19-22,28,32-34,37-40,50,55H,9-11,18,23-26H2,1-8H3,(H,48,53)/t28-,32-,33-,34+,37-,38+,39+,40?,45+,46+,47+/m0/s1. The van der Waals surface area contributed by atoms with Crippen LogP contribution in [0.3, 0.4) is 0 Å². The van der Waals surface area contributed by atoms with Crippen molar-refractivity contribution >= 4 is 29.6 Å². The summed E-state index contributed by atoms with van der Waals surface area (Å²) in [5.41, 5.74) is -3.50. The van der Waals surface area contributed by atoms with E-state index in [0.717, 1.165) is 19.3 Å². The van der Waals surface area contributed by atoms with Crippen molar-refractivity contribution in [3.05, 3.63) is 82.9 Å². The number of aliphatic hydroxyl groups excluding tert-OH is 1. The minimum absolute atomic E-state index is 0.0392. The number of hydrogen-bond donors (Lipinski definition) is 3. The molecule has 6 rings (SSSR count). The molecule has 320 valence electrons. The molecule has 0 aromatic heterocycles. The van der Waals surface area contributed by atoms with Crippen molar-refractivity contribution in [1.82, 2.24) is 5.32 Å². The van der Waals surface area contributed by atoms with E-state index in [0.29, 0.717) is 29.7 Å². The van der Waals surface area contributed by atoms with Crippen molar-refractivity contribution in [3.63, 3.8) is 0 Å². The molecule has 0 radical (unpaired) electrons. The normalized spacial score (nSPS) is 33.1. The third kappa shape index (κ3) is 7.76. The third-order valence-electron chi connectivity index (χ3n) is 14.3. The van der Waals surface area contributed by atoms with E-state index in [1.54, 1.807) is 88.4 Å². The molecule has 11 atom stereocenters. The average molecular weight is 816 g/mol. The summed E-state index contributed by atoms with van der Waals surface area (Å²) in [4.78, 5) is 70.2. The maximum absolute atomic E-state index is 15.2. The lowest BCUT2D eigenvalue weighted by Crippen LogP contribution is -2.75. The topological polar surface area (TPSA) is 175 Å². The van der Waals surface area contributed by atoms with Gasteiger partial charge in [0.05, 0.1) is 29.8 Å². The number of benzene rings is 2. The molecule has 0 spiro atoms. The largest absolute Gasteiger partial charge is 0.455 e. The summed E-state index contributed by atoms with van der Waals surface area (Å²) < 4.78 is 24.3. The van der Waals surface area contributed by atoms with E-state index >= 15 is 4.79 Å². The first kappa shape index (κ1) is 44.2. The highest BCUT2D eigenvalue weighted by molar-refractivity contribution is 5.96. The molecule has 1 aliphatic heterocycles. The van der Waals surface area contributed by atoms with Crippen molar-refractivity contribution in [2.24, 2.45) is 28.1 Å². The van der Waals surface area contributed by atoms with Gasteiger partial charge < -0.3 is 34.5 Å². The summed E-state index contributed by atoms with van der Waals surface area (Å²) in [5.74, 6) is -4.67. The number of rotatable bonds is 13. The molecule has 2 aromatic carbocycles. The highest BCUT2D eigenvalue weighted by Gasteiger charge is 2.73. The van der Waals surface area contributed by atoms with Crippen LogP contribution in [0.1, 0.15) is 122 Å². The van der Waals surface area contributed by atoms with Gasteiger partial charge in [-0.15, -0.1) is 0 Å². The first-order valence-electron chi connectivity index (χ1n) is 21.1. The molecule has 2 bridgehead atoms. The third-order valence-corrected chi connectivity index (χ3v) is 14.3. The number of carbonyl (C=O) groups excluding carboxylic acids is 5. The lowest BCUT2D eigenvalue weighted by Gasteiger charge is -2.68. The molecule has 12 nitrogen and oxygen atoms in total. The van der Waals surface area contributed by atoms with Gasteiger partial charge >= 0.3 is 17.9 Å². The van der Waals surface area contributed by atoms with Crippen molar-refractivity contribution in [3.8, 4) is 0 Å². The van der Waals surface area contributed by atoms with Crippen LogP contribution in [0, 0.1) is 28.1 Å². The van der Waals surface area contributed by atoms with E-state index in [1.165, 1.54) is 6.92 Å². The second-order valence-corrected chi connectivity index (χ2v) is 18.2. The van der Waals surface area contributed by atoms with Crippen LogP contribution in [0.5, 0.6) is 0 Å². The number of carbonyl (C=O) groups is 5. The molecule has 59 heavy (non-hydrogen) atoms. The van der Waals surface area contributed by atoms with Gasteiger partial charge in [0, 0.05) is 42.6 Å². The van der Waals surface area contributed by atoms with Gasteiger partial charge in [-0.1, -0.05) is 102 Å². The van der Waals surface area contributed by atoms with Gasteiger partial charge in [0.25, 0.3) is 5.91 Å². The first-order chi connectivity index (χ1) is 27.8. The van der Waals surface area contributed by atoms with Gasteiger partial charge in [0.1, 0.15) is 12.1 Å². The molecule has 3 aliphatic carbocycles. The lowest BCUT2D eigenvalue weighted by molar-refractivity contribution is -0.302. The van der Waals surface area contributed by atoms with E-state index in [4.69, 9.17) is 18.9 Å². The molecule has 1 amide bonds. The minimum Gasteiger partial charge on any atom is -0.455 e. The molecule has 1 heterocycles. The molecule has 3 fully saturated rings. The number of Topliss-reactive ketones (excluding diaryl/α,β-unsaturated/α-hetero) is 1. The molecular formula is C47H61NO11. The summed E-state index contributed by atoms with van der Waals surface area (Å²) in [7, 11) is 0. The Morgan fingerprint density at radius 1 is 0.949 bits per heavy atom. The number of aliphatic hydroxyl groups is 2. The van der Waals surface area contributed by atoms with E-state index in [2.05, 4.69) is 12.2 Å². The zero-order valence-electron chi connectivity index (χ0n) is 35.6. The Labute approximate surface area is 347 Å². The highest BCUT2D eigenvalue weighted by atomic mass is 16.6. The van der Waals surface area contributed by atoms with E-state index in [-0.39, 0.29) is 30.9 Å². The number of amides is 1. The van der Waals surface area contributed by atoms with Crippen molar-refractivity contribution < 1.29 is 53.1 Å². The molecule has 2 saturated carbocycles. The van der Waals surface area contributed by atoms with Crippen LogP contribution >= 0.6 is 0 Å². The SMILES string of the molecule is CCCCCCC(=O)O[C@@H](C(=O)O[C@H]1C[C@@]2(O)[C@@H](C)C3[C@]4(C)CO[C@@H]4C[C@H](O)[C@@]3(C)C(=O)[C@H](OC(C)=O)C(=C1C)C2(C)C)[C@@H](NC(=O)c1ccccc1)c1ccccc1. The predicted molar refractivity (Wildman–Crippen MR) is 217 cm³/mol. The molecule has 1 saturated heterocycles. The lowest BCUT2D eigenvalue weighted by atomic mass is 9.40. The van der Waals surface area contributed by atoms with E-state index < -0.39 is 93.7 Å². The predicted octanol–water partition coefficient (Wildman–Crippen LogP) is 6.37. The Morgan fingerprint density at radius 2 is 1.59 bits per heavy atom. The average Bonchev–Trinajstić information content (AvgIpc) is 3.20. The molecule has 1 unspecified atom stereocenters. The fourth-order valence-electron chi connectivity index (χ4n) is 11.0. The van der Waals surface area contributed by atoms with Crippen LogP contribution in [0.15, 0.2) is 71.8 Å². The highest BCUT2D eigenvalue weighted by Crippen LogP contribution is 2.67. The summed E-state index contributed by atoms with van der Waals surface area (Å²) in [6, 6.07) is 16.0. The number of hydrogen-bond acceptors (Lipinski definition) is 11. The quantitative estimate of drug-likeness (QED) is 0.0887. The number of ether oxygens (including phenoxy) is 4. The Morgan fingerprint density at radius 3 is 2.19 bits per heavy atom. The van der Waals surface area contributed by atoms with Crippen LogP contribution < -0.4 is 5.32 Å². The Hall–Kier alpha value is -4.39. The van der Waals surface area contributed by atoms with Crippen LogP contribution in [0.2, 0.25) is 0 Å². The number of nitrogens with one attached hydrogen (secondary N) is 1. The maximum atomic E-state index is 15.2. The second-order valence-electron chi connectivity index (χ2n) is 18.2. The van der Waals surface area contributed by atoms with Crippen LogP contribution in [0.4, 0.5) is 0 Å². The fraction of sp³-hybridized carbons (Fsp3) is 0.596. The number of fused-ring (bicyclic) bond motifs is 5. The molecule has 12 heteroatoms. The monoisotopic (exact) mass is 815 g/mol. The molecule has 4 aliphatic rings.